The molecule has 4 heterocycles. The van der Waals surface area contributed by atoms with Crippen molar-refractivity contribution in [2.45, 2.75) is 57.3 Å². The molecule has 8 nitrogen and oxygen atoms in total. The van der Waals surface area contributed by atoms with Crippen molar-refractivity contribution in [1.82, 2.24) is 19.7 Å². The van der Waals surface area contributed by atoms with Gasteiger partial charge in [0.2, 0.25) is 5.91 Å². The Bertz CT molecular complexity index is 1350. The van der Waals surface area contributed by atoms with Gasteiger partial charge in [-0.15, -0.1) is 11.3 Å². The fourth-order valence-corrected chi connectivity index (χ4v) is 6.16. The number of aromatic nitrogens is 3. The molecule has 0 saturated carbocycles. The van der Waals surface area contributed by atoms with Crippen molar-refractivity contribution < 1.29 is 27.5 Å². The monoisotopic (exact) mass is 673 g/mol. The topological polar surface area (TPSA) is 81.8 Å². The van der Waals surface area contributed by atoms with Gasteiger partial charge in [0.05, 0.1) is 20.9 Å². The first-order valence-electron chi connectivity index (χ1n) is 12.6. The first-order chi connectivity index (χ1) is 18.7. The van der Waals surface area contributed by atoms with Crippen LogP contribution in [0.1, 0.15) is 53.7 Å². The SMILES string of the molecule is Cc1cc(C(F)(F)F)nn1CC(=O)N1CCC(c2nc(C3=NOC(CCOc4ccccc4I)C3)cs2)CC1. The molecule has 1 unspecified atom stereocenters. The van der Waals surface area contributed by atoms with Gasteiger partial charge in [-0.25, -0.2) is 4.98 Å². The molecule has 0 bridgehead atoms. The zero-order valence-corrected chi connectivity index (χ0v) is 24.1. The van der Waals surface area contributed by atoms with Crippen LogP contribution in [0.2, 0.25) is 0 Å². The van der Waals surface area contributed by atoms with Gasteiger partial charge in [-0.05, 0) is 60.6 Å². The van der Waals surface area contributed by atoms with Gasteiger partial charge in [0.25, 0.3) is 0 Å². The second-order valence-electron chi connectivity index (χ2n) is 9.59. The van der Waals surface area contributed by atoms with Crippen molar-refractivity contribution in [2.24, 2.45) is 5.16 Å². The third kappa shape index (κ3) is 6.73. The van der Waals surface area contributed by atoms with Gasteiger partial charge in [-0.2, -0.15) is 18.3 Å². The molecule has 1 amide bonds. The second kappa shape index (κ2) is 11.8. The second-order valence-corrected chi connectivity index (χ2v) is 11.6. The highest BCUT2D eigenvalue weighted by atomic mass is 127. The number of likely N-dealkylation sites (tertiary alicyclic amines) is 1. The van der Waals surface area contributed by atoms with E-state index in [1.807, 2.05) is 29.6 Å². The highest BCUT2D eigenvalue weighted by Gasteiger charge is 2.35. The number of oxime groups is 1. The van der Waals surface area contributed by atoms with Crippen LogP contribution in [0.15, 0.2) is 40.9 Å². The Hall–Kier alpha value is -2.68. The maximum absolute atomic E-state index is 12.9. The van der Waals surface area contributed by atoms with E-state index in [-0.39, 0.29) is 24.5 Å². The number of benzene rings is 1. The van der Waals surface area contributed by atoms with Gasteiger partial charge < -0.3 is 14.5 Å². The van der Waals surface area contributed by atoms with Gasteiger partial charge in [-0.1, -0.05) is 17.3 Å². The molecule has 208 valence electrons. The minimum absolute atomic E-state index is 0.0496. The van der Waals surface area contributed by atoms with Crippen molar-refractivity contribution in [3.8, 4) is 5.75 Å². The van der Waals surface area contributed by atoms with Crippen LogP contribution >= 0.6 is 33.9 Å². The number of carbonyl (C=O) groups excluding carboxylic acids is 1. The summed E-state index contributed by atoms with van der Waals surface area (Å²) in [5.41, 5.74) is 0.978. The Balaban J connectivity index is 1.08. The molecule has 5 rings (SSSR count). The van der Waals surface area contributed by atoms with E-state index in [1.165, 1.54) is 6.92 Å². The van der Waals surface area contributed by atoms with Gasteiger partial charge in [0, 0.05) is 42.9 Å². The number of nitrogens with zero attached hydrogens (tertiary/aromatic N) is 5. The average molecular weight is 673 g/mol. The third-order valence-corrected chi connectivity index (χ3v) is 8.74. The van der Waals surface area contributed by atoms with Crippen LogP contribution in [0.5, 0.6) is 5.75 Å². The zero-order chi connectivity index (χ0) is 27.6. The highest BCUT2D eigenvalue weighted by molar-refractivity contribution is 14.1. The van der Waals surface area contributed by atoms with E-state index < -0.39 is 11.9 Å². The van der Waals surface area contributed by atoms with Gasteiger partial charge in [0.1, 0.15) is 24.1 Å². The molecule has 1 atom stereocenters. The molecule has 0 N–H and O–H groups in total. The van der Waals surface area contributed by atoms with Crippen LogP contribution in [-0.4, -0.2) is 57.1 Å². The van der Waals surface area contributed by atoms with E-state index in [0.717, 1.165) is 55.7 Å². The predicted molar refractivity (Wildman–Crippen MR) is 148 cm³/mol. The molecule has 2 aliphatic heterocycles. The number of halogens is 4. The standard InChI is InChI=1S/C26H27F3IN5O3S/c1-16-12-23(26(27,28)29)32-35(16)14-24(36)34-9-6-17(7-10-34)25-31-21(15-39-25)20-13-18(38-33-20)8-11-37-22-5-3-2-4-19(22)30/h2-5,12,15,17-18H,6-11,13-14H2,1H3. The lowest BCUT2D eigenvalue weighted by molar-refractivity contribution is -0.142. The molecular formula is C26H27F3IN5O3S. The first kappa shape index (κ1) is 27.9. The van der Waals surface area contributed by atoms with E-state index in [0.29, 0.717) is 31.8 Å². The summed E-state index contributed by atoms with van der Waals surface area (Å²) in [6.45, 7) is 2.90. The van der Waals surface area contributed by atoms with Gasteiger partial charge >= 0.3 is 6.18 Å². The lowest BCUT2D eigenvalue weighted by Gasteiger charge is -2.31. The number of hydrogen-bond donors (Lipinski definition) is 0. The Labute approximate surface area is 241 Å². The maximum Gasteiger partial charge on any atom is 0.435 e. The maximum atomic E-state index is 12.9. The van der Waals surface area contributed by atoms with Crippen molar-refractivity contribution in [2.75, 3.05) is 19.7 Å². The molecule has 1 fully saturated rings. The molecular weight excluding hydrogens is 646 g/mol. The molecule has 39 heavy (non-hydrogen) atoms. The van der Waals surface area contributed by atoms with E-state index in [1.54, 1.807) is 16.2 Å². The highest BCUT2D eigenvalue weighted by Crippen LogP contribution is 2.32. The summed E-state index contributed by atoms with van der Waals surface area (Å²) in [4.78, 5) is 24.9. The number of ether oxygens (including phenoxy) is 1. The summed E-state index contributed by atoms with van der Waals surface area (Å²) in [6, 6.07) is 8.83. The third-order valence-electron chi connectivity index (χ3n) is 6.84. The average Bonchev–Trinajstić information content (AvgIpc) is 3.66. The molecule has 1 aromatic carbocycles. The lowest BCUT2D eigenvalue weighted by atomic mass is 9.97. The Morgan fingerprint density at radius 2 is 2.03 bits per heavy atom. The number of para-hydroxylation sites is 1. The van der Waals surface area contributed by atoms with Crippen molar-refractivity contribution in [3.05, 3.63) is 61.4 Å². The van der Waals surface area contributed by atoms with Crippen LogP contribution < -0.4 is 4.74 Å². The number of carbonyl (C=O) groups is 1. The summed E-state index contributed by atoms with van der Waals surface area (Å²) in [6.07, 6.45) is -1.70. The molecule has 0 spiro atoms. The van der Waals surface area contributed by atoms with Crippen molar-refractivity contribution >= 4 is 45.5 Å². The summed E-state index contributed by atoms with van der Waals surface area (Å²) in [5, 5.41) is 10.8. The number of aryl methyl sites for hydroxylation is 1. The fourth-order valence-electron chi connectivity index (χ4n) is 4.62. The number of thiazole rings is 1. The van der Waals surface area contributed by atoms with Crippen LogP contribution in [-0.2, 0) is 22.4 Å². The Morgan fingerprint density at radius 1 is 1.26 bits per heavy atom. The van der Waals surface area contributed by atoms with Crippen LogP contribution in [0.25, 0.3) is 0 Å². The Morgan fingerprint density at radius 3 is 2.74 bits per heavy atom. The predicted octanol–water partition coefficient (Wildman–Crippen LogP) is 5.64. The minimum atomic E-state index is -4.53. The van der Waals surface area contributed by atoms with E-state index in [4.69, 9.17) is 14.6 Å². The number of alkyl halides is 3. The summed E-state index contributed by atoms with van der Waals surface area (Å²) < 4.78 is 46.8. The summed E-state index contributed by atoms with van der Waals surface area (Å²) in [5.74, 6) is 0.848. The summed E-state index contributed by atoms with van der Waals surface area (Å²) >= 11 is 3.83. The molecule has 1 saturated heterocycles. The summed E-state index contributed by atoms with van der Waals surface area (Å²) in [7, 11) is 0. The molecule has 2 aliphatic rings. The van der Waals surface area contributed by atoms with Crippen molar-refractivity contribution in [1.29, 1.82) is 0 Å². The molecule has 13 heteroatoms. The van der Waals surface area contributed by atoms with Gasteiger partial charge in [0.15, 0.2) is 5.69 Å². The normalized spacial score (nSPS) is 18.2. The smallest absolute Gasteiger partial charge is 0.435 e. The number of amides is 1. The van der Waals surface area contributed by atoms with Gasteiger partial charge in [-0.3, -0.25) is 9.48 Å². The van der Waals surface area contributed by atoms with E-state index >= 15 is 0 Å². The largest absolute Gasteiger partial charge is 0.492 e. The molecule has 3 aromatic rings. The Kier molecular flexibility index (Phi) is 8.45. The number of piperidine rings is 1. The fraction of sp³-hybridized carbons (Fsp3) is 0.462. The molecule has 0 radical (unpaired) electrons. The quantitative estimate of drug-likeness (QED) is 0.290. The lowest BCUT2D eigenvalue weighted by Crippen LogP contribution is -2.40. The zero-order valence-electron chi connectivity index (χ0n) is 21.2. The first-order valence-corrected chi connectivity index (χ1v) is 14.6. The van der Waals surface area contributed by atoms with Crippen LogP contribution in [0.4, 0.5) is 13.2 Å². The van der Waals surface area contributed by atoms with E-state index in [9.17, 15) is 18.0 Å². The molecule has 2 aromatic heterocycles. The van der Waals surface area contributed by atoms with E-state index in [2.05, 4.69) is 32.8 Å². The minimum Gasteiger partial charge on any atom is -0.492 e. The van der Waals surface area contributed by atoms with Crippen LogP contribution in [0.3, 0.4) is 0 Å². The van der Waals surface area contributed by atoms with Crippen LogP contribution in [0, 0.1) is 10.5 Å². The number of rotatable bonds is 8. The number of hydrogen-bond acceptors (Lipinski definition) is 7. The van der Waals surface area contributed by atoms with Crippen molar-refractivity contribution in [3.63, 3.8) is 0 Å². The molecule has 0 aliphatic carbocycles.